The number of aromatic nitrogens is 5. The Kier molecular flexibility index (Phi) is 5.61. The van der Waals surface area contributed by atoms with E-state index < -0.39 is 5.91 Å². The fourth-order valence-electron chi connectivity index (χ4n) is 4.63. The first kappa shape index (κ1) is 23.7. The average molecular weight is 568 g/mol. The van der Waals surface area contributed by atoms with Crippen LogP contribution < -0.4 is 16.6 Å². The van der Waals surface area contributed by atoms with Crippen LogP contribution in [0, 0.1) is 6.92 Å². The summed E-state index contributed by atoms with van der Waals surface area (Å²) in [5, 5.41) is 2.82. The van der Waals surface area contributed by atoms with Gasteiger partial charge in [0.2, 0.25) is 0 Å². The minimum atomic E-state index is -0.543. The molecule has 0 aliphatic heterocycles. The highest BCUT2D eigenvalue weighted by Gasteiger charge is 2.27. The van der Waals surface area contributed by atoms with Crippen molar-refractivity contribution < 1.29 is 4.79 Å². The van der Waals surface area contributed by atoms with Gasteiger partial charge in [0.1, 0.15) is 22.6 Å². The Morgan fingerprint density at radius 1 is 0.895 bits per heavy atom. The van der Waals surface area contributed by atoms with Crippen LogP contribution in [-0.2, 0) is 7.05 Å². The molecule has 6 rings (SSSR count). The molecule has 0 spiro atoms. The Balaban J connectivity index is 1.53. The fraction of sp³-hybridized carbons (Fsp3) is 0.0714. The molecule has 0 saturated carbocycles. The predicted octanol–water partition coefficient (Wildman–Crippen LogP) is 4.97. The largest absolute Gasteiger partial charge is 0.384 e. The molecule has 0 saturated heterocycles. The maximum Gasteiger partial charge on any atom is 0.295 e. The number of amides is 1. The van der Waals surface area contributed by atoms with Gasteiger partial charge in [0, 0.05) is 17.2 Å². The molecule has 38 heavy (non-hydrogen) atoms. The van der Waals surface area contributed by atoms with E-state index in [4.69, 9.17) is 15.7 Å². The number of carbonyl (C=O) groups is 1. The molecule has 0 aliphatic carbocycles. The molecule has 3 heterocycles. The smallest absolute Gasteiger partial charge is 0.295 e. The summed E-state index contributed by atoms with van der Waals surface area (Å²) in [5.41, 5.74) is 10.7. The number of halogens is 1. The molecule has 0 unspecified atom stereocenters. The Labute approximate surface area is 225 Å². The van der Waals surface area contributed by atoms with Crippen molar-refractivity contribution in [3.63, 3.8) is 0 Å². The zero-order valence-electron chi connectivity index (χ0n) is 20.5. The lowest BCUT2D eigenvalue weighted by atomic mass is 10.2. The van der Waals surface area contributed by atoms with Crippen LogP contribution in [0.4, 0.5) is 11.5 Å². The van der Waals surface area contributed by atoms with Crippen LogP contribution >= 0.6 is 15.9 Å². The van der Waals surface area contributed by atoms with E-state index in [1.165, 1.54) is 4.68 Å². The third-order valence-electron chi connectivity index (χ3n) is 6.60. The Morgan fingerprint density at radius 2 is 1.53 bits per heavy atom. The van der Waals surface area contributed by atoms with Gasteiger partial charge in [0.15, 0.2) is 5.65 Å². The molecule has 10 heteroatoms. The van der Waals surface area contributed by atoms with Crippen LogP contribution in [0.2, 0.25) is 0 Å². The normalized spacial score (nSPS) is 11.3. The van der Waals surface area contributed by atoms with Gasteiger partial charge in [0.05, 0.1) is 22.4 Å². The van der Waals surface area contributed by atoms with Crippen molar-refractivity contribution in [2.24, 2.45) is 7.05 Å². The number of nitrogen functional groups attached to an aromatic ring is 1. The zero-order chi connectivity index (χ0) is 26.6. The number of nitrogens with one attached hydrogen (secondary N) is 1. The van der Waals surface area contributed by atoms with Gasteiger partial charge in [-0.3, -0.25) is 18.8 Å². The van der Waals surface area contributed by atoms with E-state index in [9.17, 15) is 9.59 Å². The second-order valence-corrected chi connectivity index (χ2v) is 9.76. The maximum absolute atomic E-state index is 13.8. The van der Waals surface area contributed by atoms with Gasteiger partial charge in [-0.25, -0.2) is 14.6 Å². The minimum absolute atomic E-state index is 0.148. The van der Waals surface area contributed by atoms with Crippen molar-refractivity contribution in [2.45, 2.75) is 6.92 Å². The SMILES string of the molecule is Cc1c(NC(=O)c2c(N)n(-c3ccc(Br)cc3)c3nc4ccccc4nc23)c(=O)n(-c2ccccc2)n1C. The first-order valence-electron chi connectivity index (χ1n) is 11.8. The maximum atomic E-state index is 13.8. The first-order chi connectivity index (χ1) is 18.3. The Bertz CT molecular complexity index is 1920. The number of para-hydroxylation sites is 3. The molecular formula is C28H22BrN7O2. The minimum Gasteiger partial charge on any atom is -0.384 e. The molecule has 188 valence electrons. The number of carbonyl (C=O) groups excluding carboxylic acids is 1. The highest BCUT2D eigenvalue weighted by atomic mass is 79.9. The fourth-order valence-corrected chi connectivity index (χ4v) is 4.89. The monoisotopic (exact) mass is 567 g/mol. The summed E-state index contributed by atoms with van der Waals surface area (Å²) in [5.74, 6) is -0.369. The van der Waals surface area contributed by atoms with Crippen molar-refractivity contribution in [1.29, 1.82) is 0 Å². The van der Waals surface area contributed by atoms with Crippen LogP contribution in [0.5, 0.6) is 0 Å². The number of nitrogens with two attached hydrogens (primary N) is 1. The molecule has 0 aliphatic rings. The van der Waals surface area contributed by atoms with E-state index >= 15 is 0 Å². The van der Waals surface area contributed by atoms with E-state index in [-0.39, 0.29) is 22.6 Å². The van der Waals surface area contributed by atoms with Gasteiger partial charge in [-0.15, -0.1) is 0 Å². The standard InChI is InChI=1S/C28H22BrN7O2/c1-16-23(28(38)36(34(16)2)19-8-4-3-5-9-19)33-27(37)22-24-26(32-21-11-7-6-10-20(21)31-24)35(25(22)30)18-14-12-17(29)13-15-18/h3-15H,30H2,1-2H3,(H,33,37). The highest BCUT2D eigenvalue weighted by Crippen LogP contribution is 2.32. The molecular weight excluding hydrogens is 546 g/mol. The van der Waals surface area contributed by atoms with E-state index in [1.54, 1.807) is 23.2 Å². The number of nitrogens with zero attached hydrogens (tertiary/aromatic N) is 5. The van der Waals surface area contributed by atoms with Crippen LogP contribution in [0.25, 0.3) is 33.6 Å². The van der Waals surface area contributed by atoms with E-state index in [0.29, 0.717) is 33.6 Å². The summed E-state index contributed by atoms with van der Waals surface area (Å²) in [4.78, 5) is 36.8. The average Bonchev–Trinajstić information content (AvgIpc) is 3.32. The van der Waals surface area contributed by atoms with Gasteiger partial charge in [-0.2, -0.15) is 0 Å². The van der Waals surface area contributed by atoms with Gasteiger partial charge < -0.3 is 11.1 Å². The van der Waals surface area contributed by atoms with Crippen LogP contribution in [0.3, 0.4) is 0 Å². The highest BCUT2D eigenvalue weighted by molar-refractivity contribution is 9.10. The molecule has 0 radical (unpaired) electrons. The number of hydrogen-bond acceptors (Lipinski definition) is 5. The molecule has 3 aromatic heterocycles. The van der Waals surface area contributed by atoms with E-state index in [2.05, 4.69) is 21.2 Å². The Morgan fingerprint density at radius 3 is 2.21 bits per heavy atom. The van der Waals surface area contributed by atoms with Crippen molar-refractivity contribution in [3.8, 4) is 11.4 Å². The quantitative estimate of drug-likeness (QED) is 0.312. The second kappa shape index (κ2) is 9.00. The topological polar surface area (TPSA) is 113 Å². The number of benzene rings is 3. The summed E-state index contributed by atoms with van der Waals surface area (Å²) < 4.78 is 5.82. The summed E-state index contributed by atoms with van der Waals surface area (Å²) in [6.07, 6.45) is 0. The second-order valence-electron chi connectivity index (χ2n) is 8.85. The lowest BCUT2D eigenvalue weighted by molar-refractivity contribution is 0.102. The predicted molar refractivity (Wildman–Crippen MR) is 152 cm³/mol. The van der Waals surface area contributed by atoms with E-state index in [1.807, 2.05) is 78.9 Å². The summed E-state index contributed by atoms with van der Waals surface area (Å²) >= 11 is 3.46. The van der Waals surface area contributed by atoms with Crippen LogP contribution in [0.1, 0.15) is 16.1 Å². The molecule has 3 aromatic carbocycles. The van der Waals surface area contributed by atoms with Gasteiger partial charge >= 0.3 is 0 Å². The zero-order valence-corrected chi connectivity index (χ0v) is 22.1. The molecule has 0 atom stereocenters. The van der Waals surface area contributed by atoms with Crippen molar-refractivity contribution in [3.05, 3.63) is 105 Å². The summed E-state index contributed by atoms with van der Waals surface area (Å²) in [6.45, 7) is 1.78. The van der Waals surface area contributed by atoms with Crippen molar-refractivity contribution >= 4 is 55.5 Å². The summed E-state index contributed by atoms with van der Waals surface area (Å²) in [7, 11) is 1.77. The molecule has 3 N–H and O–H groups in total. The lowest BCUT2D eigenvalue weighted by Crippen LogP contribution is -2.23. The molecule has 1 amide bonds. The summed E-state index contributed by atoms with van der Waals surface area (Å²) in [6, 6.07) is 24.2. The third-order valence-corrected chi connectivity index (χ3v) is 7.13. The number of rotatable bonds is 4. The Hall–Kier alpha value is -4.70. The van der Waals surface area contributed by atoms with Gasteiger partial charge in [-0.1, -0.05) is 46.3 Å². The molecule has 9 nitrogen and oxygen atoms in total. The number of anilines is 2. The lowest BCUT2D eigenvalue weighted by Gasteiger charge is -2.08. The van der Waals surface area contributed by atoms with Crippen LogP contribution in [-0.4, -0.2) is 29.8 Å². The number of hydrogen-bond donors (Lipinski definition) is 2. The molecule has 0 bridgehead atoms. The van der Waals surface area contributed by atoms with Crippen molar-refractivity contribution in [2.75, 3.05) is 11.1 Å². The molecule has 0 fully saturated rings. The van der Waals surface area contributed by atoms with Gasteiger partial charge in [-0.05, 0) is 55.5 Å². The van der Waals surface area contributed by atoms with E-state index in [0.717, 1.165) is 10.2 Å². The van der Waals surface area contributed by atoms with Crippen LogP contribution in [0.15, 0.2) is 88.1 Å². The van der Waals surface area contributed by atoms with Crippen molar-refractivity contribution in [1.82, 2.24) is 23.9 Å². The van der Waals surface area contributed by atoms with Gasteiger partial charge in [0.25, 0.3) is 11.5 Å². The third kappa shape index (κ3) is 3.69. The first-order valence-corrected chi connectivity index (χ1v) is 12.6. The molecule has 6 aromatic rings. The number of fused-ring (bicyclic) bond motifs is 2.